The fourth-order valence-corrected chi connectivity index (χ4v) is 3.01. The number of rotatable bonds is 4. The van der Waals surface area contributed by atoms with Crippen molar-refractivity contribution >= 4 is 5.97 Å². The van der Waals surface area contributed by atoms with Gasteiger partial charge in [0.1, 0.15) is 0 Å². The van der Waals surface area contributed by atoms with E-state index >= 15 is 0 Å². The van der Waals surface area contributed by atoms with Crippen LogP contribution in [0, 0.1) is 0 Å². The van der Waals surface area contributed by atoms with Crippen LogP contribution in [0.3, 0.4) is 0 Å². The van der Waals surface area contributed by atoms with E-state index in [1.165, 1.54) is 25.7 Å². The summed E-state index contributed by atoms with van der Waals surface area (Å²) in [6.07, 6.45) is 4.93. The Kier molecular flexibility index (Phi) is 4.40. The van der Waals surface area contributed by atoms with Crippen LogP contribution in [0.2, 0.25) is 0 Å². The molecule has 1 N–H and O–H groups in total. The molecule has 0 aliphatic carbocycles. The van der Waals surface area contributed by atoms with Crippen LogP contribution >= 0.6 is 0 Å². The normalized spacial score (nSPS) is 30.1. The first-order valence-corrected chi connectivity index (χ1v) is 6.83. The molecule has 0 aromatic rings. The van der Waals surface area contributed by atoms with Crippen LogP contribution in [0.15, 0.2) is 0 Å². The highest BCUT2D eigenvalue weighted by atomic mass is 16.5. The summed E-state index contributed by atoms with van der Waals surface area (Å²) in [5.41, 5.74) is 0. The van der Waals surface area contributed by atoms with Crippen molar-refractivity contribution in [3.8, 4) is 0 Å². The third-order valence-corrected chi connectivity index (χ3v) is 3.68. The third kappa shape index (κ3) is 3.42. The Balaban J connectivity index is 1.84. The Hall–Kier alpha value is -0.610. The van der Waals surface area contributed by atoms with Gasteiger partial charge < -0.3 is 10.1 Å². The zero-order valence-corrected chi connectivity index (χ0v) is 10.9. The first kappa shape index (κ1) is 12.8. The number of hydrogen-bond acceptors (Lipinski definition) is 4. The maximum absolute atomic E-state index is 11.7. The van der Waals surface area contributed by atoms with Gasteiger partial charge >= 0.3 is 5.97 Å². The lowest BCUT2D eigenvalue weighted by molar-refractivity contribution is -0.149. The molecule has 2 unspecified atom stereocenters. The molecule has 0 spiro atoms. The number of ether oxygens (including phenoxy) is 1. The molecule has 4 heteroatoms. The predicted octanol–water partition coefficient (Wildman–Crippen LogP) is 1.15. The topological polar surface area (TPSA) is 41.6 Å². The number of carbonyl (C=O) groups excluding carboxylic acids is 1. The number of esters is 1. The average molecular weight is 240 g/mol. The third-order valence-electron chi connectivity index (χ3n) is 3.68. The van der Waals surface area contributed by atoms with Gasteiger partial charge in [-0.25, -0.2) is 0 Å². The molecule has 2 aliphatic rings. The smallest absolute Gasteiger partial charge is 0.320 e. The van der Waals surface area contributed by atoms with E-state index in [0.29, 0.717) is 18.6 Å². The molecule has 0 amide bonds. The Morgan fingerprint density at radius 2 is 2.24 bits per heavy atom. The molecule has 2 saturated heterocycles. The van der Waals surface area contributed by atoms with Gasteiger partial charge in [-0.05, 0) is 52.6 Å². The van der Waals surface area contributed by atoms with Crippen LogP contribution < -0.4 is 5.32 Å². The lowest BCUT2D eigenvalue weighted by Crippen LogP contribution is -2.46. The van der Waals surface area contributed by atoms with Crippen LogP contribution in [-0.4, -0.2) is 48.7 Å². The van der Waals surface area contributed by atoms with E-state index in [1.54, 1.807) is 0 Å². The molecule has 0 aromatic heterocycles. The Morgan fingerprint density at radius 3 is 2.88 bits per heavy atom. The Labute approximate surface area is 104 Å². The summed E-state index contributed by atoms with van der Waals surface area (Å²) < 4.78 is 5.22. The van der Waals surface area contributed by atoms with Gasteiger partial charge in [0.05, 0.1) is 12.6 Å². The zero-order chi connectivity index (χ0) is 12.3. The molecular weight excluding hydrogens is 216 g/mol. The quantitative estimate of drug-likeness (QED) is 0.749. The van der Waals surface area contributed by atoms with Crippen molar-refractivity contribution in [2.75, 3.05) is 19.6 Å². The van der Waals surface area contributed by atoms with E-state index in [4.69, 9.17) is 4.74 Å². The summed E-state index contributed by atoms with van der Waals surface area (Å²) in [7, 11) is 0. The second kappa shape index (κ2) is 5.83. The highest BCUT2D eigenvalue weighted by Gasteiger charge is 2.34. The number of likely N-dealkylation sites (tertiary alicyclic amines) is 1. The van der Waals surface area contributed by atoms with Crippen molar-refractivity contribution < 1.29 is 9.53 Å². The van der Waals surface area contributed by atoms with E-state index < -0.39 is 0 Å². The largest absolute Gasteiger partial charge is 0.462 e. The van der Waals surface area contributed by atoms with Gasteiger partial charge in [0, 0.05) is 12.1 Å². The van der Waals surface area contributed by atoms with Crippen LogP contribution in [-0.2, 0) is 9.53 Å². The molecule has 2 heterocycles. The van der Waals surface area contributed by atoms with Gasteiger partial charge in [-0.3, -0.25) is 9.69 Å². The number of hydrogen-bond donors (Lipinski definition) is 1. The van der Waals surface area contributed by atoms with E-state index in [2.05, 4.69) is 10.2 Å². The van der Waals surface area contributed by atoms with Crippen LogP contribution in [0.25, 0.3) is 0 Å². The molecule has 2 aliphatic heterocycles. The Morgan fingerprint density at radius 1 is 1.41 bits per heavy atom. The summed E-state index contributed by atoms with van der Waals surface area (Å²) >= 11 is 0. The van der Waals surface area contributed by atoms with Gasteiger partial charge in [0.2, 0.25) is 0 Å². The molecule has 2 rings (SSSR count). The Bertz CT molecular complexity index is 262. The van der Waals surface area contributed by atoms with Crippen LogP contribution in [0.1, 0.15) is 39.5 Å². The number of nitrogens with zero attached hydrogens (tertiary/aromatic N) is 1. The molecule has 17 heavy (non-hydrogen) atoms. The van der Waals surface area contributed by atoms with Gasteiger partial charge in [0.25, 0.3) is 0 Å². The summed E-state index contributed by atoms with van der Waals surface area (Å²) in [4.78, 5) is 14.0. The van der Waals surface area contributed by atoms with Gasteiger partial charge in [0.15, 0.2) is 0 Å². The zero-order valence-electron chi connectivity index (χ0n) is 10.9. The molecule has 98 valence electrons. The van der Waals surface area contributed by atoms with E-state index in [0.717, 1.165) is 13.1 Å². The van der Waals surface area contributed by atoms with Crippen molar-refractivity contribution in [2.45, 2.75) is 57.7 Å². The fourth-order valence-electron chi connectivity index (χ4n) is 3.01. The molecule has 0 saturated carbocycles. The van der Waals surface area contributed by atoms with E-state index in [9.17, 15) is 4.79 Å². The average Bonchev–Trinajstić information content (AvgIpc) is 2.84. The highest BCUT2D eigenvalue weighted by molar-refractivity contribution is 5.71. The first-order chi connectivity index (χ1) is 8.16. The maximum atomic E-state index is 11.7. The lowest BCUT2D eigenvalue weighted by Gasteiger charge is -2.28. The summed E-state index contributed by atoms with van der Waals surface area (Å²) in [5, 5.41) is 3.55. The van der Waals surface area contributed by atoms with Crippen molar-refractivity contribution in [3.63, 3.8) is 0 Å². The fraction of sp³-hybridized carbons (Fsp3) is 0.923. The molecule has 4 nitrogen and oxygen atoms in total. The van der Waals surface area contributed by atoms with Crippen molar-refractivity contribution in [1.82, 2.24) is 10.2 Å². The minimum absolute atomic E-state index is 0.00633. The lowest BCUT2D eigenvalue weighted by atomic mass is 10.0. The minimum atomic E-state index is -0.0788. The molecular formula is C13H24N2O2. The molecule has 0 radical (unpaired) electrons. The van der Waals surface area contributed by atoms with E-state index in [-0.39, 0.29) is 12.1 Å². The van der Waals surface area contributed by atoms with Crippen molar-refractivity contribution in [2.24, 2.45) is 0 Å². The summed E-state index contributed by atoms with van der Waals surface area (Å²) in [6, 6.07) is 1.13. The number of nitrogens with one attached hydrogen (secondary N) is 1. The molecule has 2 fully saturated rings. The minimum Gasteiger partial charge on any atom is -0.462 e. The molecule has 0 bridgehead atoms. The second-order valence-corrected chi connectivity index (χ2v) is 5.42. The van der Waals surface area contributed by atoms with Gasteiger partial charge in [-0.2, -0.15) is 0 Å². The van der Waals surface area contributed by atoms with Crippen LogP contribution in [0.4, 0.5) is 0 Å². The van der Waals surface area contributed by atoms with Gasteiger partial charge in [-0.1, -0.05) is 0 Å². The maximum Gasteiger partial charge on any atom is 0.320 e. The van der Waals surface area contributed by atoms with Crippen molar-refractivity contribution in [3.05, 3.63) is 0 Å². The van der Waals surface area contributed by atoms with Gasteiger partial charge in [-0.15, -0.1) is 0 Å². The number of carbonyl (C=O) groups is 1. The monoisotopic (exact) mass is 240 g/mol. The van der Waals surface area contributed by atoms with Crippen molar-refractivity contribution in [1.29, 1.82) is 0 Å². The van der Waals surface area contributed by atoms with E-state index in [1.807, 2.05) is 13.8 Å². The standard InChI is InChI=1S/C13H24N2O2/c1-10(2)17-13(16)9-15-8-4-6-12(15)11-5-3-7-14-11/h10-12,14H,3-9H2,1-2H3. The SMILES string of the molecule is CC(C)OC(=O)CN1CCCC1C1CCCN1. The first-order valence-electron chi connectivity index (χ1n) is 6.83. The summed E-state index contributed by atoms with van der Waals surface area (Å²) in [6.45, 7) is 6.43. The predicted molar refractivity (Wildman–Crippen MR) is 66.8 cm³/mol. The summed E-state index contributed by atoms with van der Waals surface area (Å²) in [5.74, 6) is -0.0788. The molecule has 2 atom stereocenters. The second-order valence-electron chi connectivity index (χ2n) is 5.42. The highest BCUT2D eigenvalue weighted by Crippen LogP contribution is 2.24. The molecule has 0 aromatic carbocycles. The van der Waals surface area contributed by atoms with Crippen LogP contribution in [0.5, 0.6) is 0 Å².